The van der Waals surface area contributed by atoms with Gasteiger partial charge in [-0.2, -0.15) is 13.2 Å². The quantitative estimate of drug-likeness (QED) is 0.639. The number of benzene rings is 1. The molecule has 2 saturated heterocycles. The van der Waals surface area contributed by atoms with E-state index in [2.05, 4.69) is 5.32 Å². The van der Waals surface area contributed by atoms with Gasteiger partial charge in [-0.25, -0.2) is 4.79 Å². The van der Waals surface area contributed by atoms with Gasteiger partial charge < -0.3 is 29.5 Å². The number of halogens is 3. The summed E-state index contributed by atoms with van der Waals surface area (Å²) in [4.78, 5) is 37.1. The highest BCUT2D eigenvalue weighted by atomic mass is 19.4. The van der Waals surface area contributed by atoms with Crippen molar-refractivity contribution in [3.05, 3.63) is 23.8 Å². The van der Waals surface area contributed by atoms with E-state index in [0.29, 0.717) is 44.2 Å². The molecule has 1 aromatic rings. The van der Waals surface area contributed by atoms with Crippen LogP contribution >= 0.6 is 0 Å². The number of aliphatic carboxylic acids is 1. The lowest BCUT2D eigenvalue weighted by molar-refractivity contribution is -0.200. The third-order valence-corrected chi connectivity index (χ3v) is 5.51. The Bertz CT molecular complexity index is 919. The molecule has 0 aliphatic carbocycles. The van der Waals surface area contributed by atoms with Gasteiger partial charge in [0.1, 0.15) is 11.6 Å². The Kier molecular flexibility index (Phi) is 7.03. The van der Waals surface area contributed by atoms with Crippen LogP contribution in [0, 0.1) is 0 Å². The van der Waals surface area contributed by atoms with E-state index in [1.807, 2.05) is 30.1 Å². The molecule has 13 heteroatoms. The average molecular weight is 475 g/mol. The van der Waals surface area contributed by atoms with Crippen molar-refractivity contribution >= 4 is 17.8 Å². The topological polar surface area (TPSA) is 118 Å². The molecule has 3 aliphatic rings. The zero-order chi connectivity index (χ0) is 24.4. The highest BCUT2D eigenvalue weighted by molar-refractivity contribution is 5.82. The number of rotatable bonds is 3. The van der Waals surface area contributed by atoms with E-state index in [9.17, 15) is 22.8 Å². The number of morpholine rings is 1. The second kappa shape index (κ2) is 9.43. The number of alkyl halides is 3. The summed E-state index contributed by atoms with van der Waals surface area (Å²) >= 11 is 0. The molecule has 3 heterocycles. The first-order valence-electron chi connectivity index (χ1n) is 9.96. The lowest BCUT2D eigenvalue weighted by atomic mass is 9.90. The highest BCUT2D eigenvalue weighted by Crippen LogP contribution is 2.34. The summed E-state index contributed by atoms with van der Waals surface area (Å²) in [5, 5.41) is 9.78. The third-order valence-electron chi connectivity index (χ3n) is 5.51. The van der Waals surface area contributed by atoms with Crippen LogP contribution in [-0.2, 0) is 25.5 Å². The van der Waals surface area contributed by atoms with Gasteiger partial charge in [-0.05, 0) is 24.7 Å². The molecule has 1 spiro atoms. The number of amides is 2. The third kappa shape index (κ3) is 5.66. The maximum atomic E-state index is 12.5. The van der Waals surface area contributed by atoms with Crippen LogP contribution in [0.1, 0.15) is 5.56 Å². The van der Waals surface area contributed by atoms with Gasteiger partial charge in [-0.15, -0.1) is 0 Å². The monoisotopic (exact) mass is 475 g/mol. The van der Waals surface area contributed by atoms with E-state index in [1.165, 1.54) is 0 Å². The van der Waals surface area contributed by atoms with Gasteiger partial charge in [0.2, 0.25) is 18.6 Å². The molecule has 10 nitrogen and oxygen atoms in total. The van der Waals surface area contributed by atoms with Crippen molar-refractivity contribution in [2.45, 2.75) is 24.2 Å². The summed E-state index contributed by atoms with van der Waals surface area (Å²) in [6.07, 6.45) is -4.76. The largest absolute Gasteiger partial charge is 0.490 e. The molecule has 2 amide bonds. The van der Waals surface area contributed by atoms with Crippen molar-refractivity contribution in [2.24, 2.45) is 0 Å². The molecule has 182 valence electrons. The number of fused-ring (bicyclic) bond motifs is 1. The summed E-state index contributed by atoms with van der Waals surface area (Å²) in [5.41, 5.74) is 0.547. The number of hydrogen-bond donors (Lipinski definition) is 2. The van der Waals surface area contributed by atoms with E-state index in [-0.39, 0.29) is 30.3 Å². The number of nitrogens with one attached hydrogen (secondary N) is 1. The fourth-order valence-electron chi connectivity index (χ4n) is 3.79. The van der Waals surface area contributed by atoms with E-state index >= 15 is 0 Å². The minimum atomic E-state index is -5.08. The number of carboxylic acid groups (broad SMARTS) is 1. The van der Waals surface area contributed by atoms with E-state index in [4.69, 9.17) is 24.1 Å². The number of likely N-dealkylation sites (N-methyl/N-ethyl adjacent to an activating group) is 2. The molecular weight excluding hydrogens is 451 g/mol. The molecule has 1 atom stereocenters. The normalized spacial score (nSPS) is 21.0. The fraction of sp³-hybridized carbons (Fsp3) is 0.550. The Morgan fingerprint density at radius 1 is 1.18 bits per heavy atom. The number of ether oxygens (including phenoxy) is 3. The summed E-state index contributed by atoms with van der Waals surface area (Å²) in [5.74, 6) is -1.33. The average Bonchev–Trinajstić information content (AvgIpc) is 3.19. The van der Waals surface area contributed by atoms with Gasteiger partial charge in [-0.1, -0.05) is 6.07 Å². The molecular formula is C20H24F3N3O7. The van der Waals surface area contributed by atoms with Crippen LogP contribution in [0.4, 0.5) is 13.2 Å². The van der Waals surface area contributed by atoms with Crippen LogP contribution in [0.15, 0.2) is 18.2 Å². The summed E-state index contributed by atoms with van der Waals surface area (Å²) in [6.45, 7) is 2.32. The molecule has 2 N–H and O–H groups in total. The van der Waals surface area contributed by atoms with Crippen molar-refractivity contribution in [1.29, 1.82) is 0 Å². The highest BCUT2D eigenvalue weighted by Gasteiger charge is 2.51. The zero-order valence-corrected chi connectivity index (χ0v) is 18.0. The van der Waals surface area contributed by atoms with Gasteiger partial charge in [0.25, 0.3) is 0 Å². The Hall–Kier alpha value is -3.06. The number of nitrogens with zero attached hydrogens (tertiary/aromatic N) is 2. The van der Waals surface area contributed by atoms with Crippen molar-refractivity contribution in [1.82, 2.24) is 15.1 Å². The van der Waals surface area contributed by atoms with Gasteiger partial charge in [-0.3, -0.25) is 14.5 Å². The molecule has 2 fully saturated rings. The van der Waals surface area contributed by atoms with Crippen molar-refractivity contribution < 1.29 is 46.9 Å². The van der Waals surface area contributed by atoms with Crippen LogP contribution < -0.4 is 14.8 Å². The van der Waals surface area contributed by atoms with Crippen LogP contribution in [0.5, 0.6) is 11.5 Å². The Morgan fingerprint density at radius 2 is 1.82 bits per heavy atom. The molecule has 4 rings (SSSR count). The second-order valence-corrected chi connectivity index (χ2v) is 7.96. The predicted octanol–water partition coefficient (Wildman–Crippen LogP) is 0.249. The van der Waals surface area contributed by atoms with Crippen LogP contribution in [0.2, 0.25) is 0 Å². The van der Waals surface area contributed by atoms with E-state index in [1.54, 1.807) is 11.9 Å². The first-order valence-corrected chi connectivity index (χ1v) is 9.96. The molecule has 3 aliphatic heterocycles. The van der Waals surface area contributed by atoms with Crippen LogP contribution in [0.3, 0.4) is 0 Å². The van der Waals surface area contributed by atoms with E-state index < -0.39 is 12.1 Å². The van der Waals surface area contributed by atoms with Gasteiger partial charge in [0.05, 0.1) is 26.1 Å². The fourth-order valence-corrected chi connectivity index (χ4v) is 3.79. The Balaban J connectivity index is 0.000000383. The number of hydrogen-bond acceptors (Lipinski definition) is 7. The lowest BCUT2D eigenvalue weighted by Gasteiger charge is -2.54. The van der Waals surface area contributed by atoms with Gasteiger partial charge in [0, 0.05) is 13.6 Å². The summed E-state index contributed by atoms with van der Waals surface area (Å²) in [6, 6.07) is 5.30. The standard InChI is InChI=1S/C18H23N3O5.C2HF3O2/c1-19-17(23)13-7-26-18(8-20(13)2)9-21(10-18)16(22)6-12-3-4-14-15(5-12)25-11-24-14;3-2(4,5)1(6)7/h3-5,13H,6-11H2,1-2H3,(H,19,23);(H,6,7). The SMILES string of the molecule is CNC(=O)C1COC2(CN(C(=O)Cc3ccc4c(c3)OCO4)C2)CN1C.O=C(O)C(F)(F)F. The number of carbonyl (C=O) groups is 3. The lowest BCUT2D eigenvalue weighted by Crippen LogP contribution is -2.73. The predicted molar refractivity (Wildman–Crippen MR) is 106 cm³/mol. The Labute approximate surface area is 187 Å². The number of likely N-dealkylation sites (tertiary alicyclic amines) is 1. The molecule has 1 aromatic carbocycles. The minimum absolute atomic E-state index is 0.0441. The molecule has 0 radical (unpaired) electrons. The molecule has 0 aromatic heterocycles. The maximum absolute atomic E-state index is 12.5. The second-order valence-electron chi connectivity index (χ2n) is 7.96. The number of carboxylic acids is 1. The van der Waals surface area contributed by atoms with Gasteiger partial charge >= 0.3 is 12.1 Å². The molecule has 1 unspecified atom stereocenters. The first-order chi connectivity index (χ1) is 15.4. The number of carbonyl (C=O) groups excluding carboxylic acids is 2. The molecule has 0 saturated carbocycles. The maximum Gasteiger partial charge on any atom is 0.490 e. The van der Waals surface area contributed by atoms with Crippen LogP contribution in [-0.4, -0.2) is 97.6 Å². The smallest absolute Gasteiger partial charge is 0.475 e. The van der Waals surface area contributed by atoms with Crippen LogP contribution in [0.25, 0.3) is 0 Å². The molecule has 0 bridgehead atoms. The first kappa shape index (κ1) is 24.6. The summed E-state index contributed by atoms with van der Waals surface area (Å²) < 4.78 is 48.3. The zero-order valence-electron chi connectivity index (χ0n) is 18.0. The summed E-state index contributed by atoms with van der Waals surface area (Å²) in [7, 11) is 3.54. The molecule has 33 heavy (non-hydrogen) atoms. The van der Waals surface area contributed by atoms with Gasteiger partial charge in [0.15, 0.2) is 11.5 Å². The van der Waals surface area contributed by atoms with Crippen molar-refractivity contribution in [3.63, 3.8) is 0 Å². The minimum Gasteiger partial charge on any atom is -0.475 e. The Morgan fingerprint density at radius 3 is 2.39 bits per heavy atom. The van der Waals surface area contributed by atoms with Crippen molar-refractivity contribution in [2.75, 3.05) is 47.1 Å². The van der Waals surface area contributed by atoms with E-state index in [0.717, 1.165) is 5.56 Å². The van der Waals surface area contributed by atoms with Crippen molar-refractivity contribution in [3.8, 4) is 11.5 Å².